The van der Waals surface area contributed by atoms with Crippen LogP contribution in [0.2, 0.25) is 0 Å². The van der Waals surface area contributed by atoms with Crippen molar-refractivity contribution in [1.82, 2.24) is 4.98 Å². The summed E-state index contributed by atoms with van der Waals surface area (Å²) in [6.45, 7) is 1.93. The van der Waals surface area contributed by atoms with Gasteiger partial charge in [-0.05, 0) is 77.5 Å². The zero-order valence-corrected chi connectivity index (χ0v) is 16.2. The molecular weight excluding hydrogens is 441 g/mol. The molecule has 0 fully saturated rings. The third-order valence-corrected chi connectivity index (χ3v) is 4.60. The fraction of sp³-hybridized carbons (Fsp3) is 0.0500. The number of nitrogens with one attached hydrogen (secondary N) is 2. The summed E-state index contributed by atoms with van der Waals surface area (Å²) < 4.78 is 0.863. The van der Waals surface area contributed by atoms with Gasteiger partial charge in [-0.25, -0.2) is 4.98 Å². The van der Waals surface area contributed by atoms with Crippen molar-refractivity contribution < 1.29 is 9.59 Å². The van der Waals surface area contributed by atoms with Gasteiger partial charge >= 0.3 is 0 Å². The van der Waals surface area contributed by atoms with Crippen LogP contribution in [0, 0.1) is 10.5 Å². The Balaban J connectivity index is 1.74. The van der Waals surface area contributed by atoms with Crippen LogP contribution in [0.5, 0.6) is 0 Å². The molecule has 3 aromatic rings. The largest absolute Gasteiger partial charge is 0.322 e. The average Bonchev–Trinajstić information content (AvgIpc) is 2.62. The highest BCUT2D eigenvalue weighted by atomic mass is 127. The number of aryl methyl sites for hydroxylation is 1. The molecule has 1 aromatic heterocycles. The molecule has 2 amide bonds. The third kappa shape index (κ3) is 4.45. The summed E-state index contributed by atoms with van der Waals surface area (Å²) in [5.74, 6) is -0.00956. The van der Waals surface area contributed by atoms with E-state index in [2.05, 4.69) is 38.2 Å². The molecule has 1 heterocycles. The molecule has 0 aliphatic rings. The molecule has 0 aliphatic carbocycles. The predicted molar refractivity (Wildman–Crippen MR) is 110 cm³/mol. The van der Waals surface area contributed by atoms with Gasteiger partial charge < -0.3 is 10.6 Å². The normalized spacial score (nSPS) is 10.2. The maximum absolute atomic E-state index is 12.4. The summed E-state index contributed by atoms with van der Waals surface area (Å²) in [4.78, 5) is 29.0. The van der Waals surface area contributed by atoms with Gasteiger partial charge in [0.1, 0.15) is 5.82 Å². The lowest BCUT2D eigenvalue weighted by molar-refractivity contribution is 0.101. The molecule has 6 heteroatoms. The van der Waals surface area contributed by atoms with E-state index in [-0.39, 0.29) is 11.8 Å². The number of halogens is 1. The van der Waals surface area contributed by atoms with Crippen molar-refractivity contribution in [1.29, 1.82) is 0 Å². The van der Waals surface area contributed by atoms with Gasteiger partial charge in [-0.2, -0.15) is 0 Å². The summed E-state index contributed by atoms with van der Waals surface area (Å²) in [7, 11) is 0. The van der Waals surface area contributed by atoms with Crippen LogP contribution in [0.3, 0.4) is 0 Å². The van der Waals surface area contributed by atoms with Crippen LogP contribution in [0.4, 0.5) is 11.5 Å². The number of anilines is 2. The van der Waals surface area contributed by atoms with Crippen molar-refractivity contribution in [2.45, 2.75) is 6.92 Å². The van der Waals surface area contributed by atoms with Gasteiger partial charge in [0.25, 0.3) is 11.8 Å². The molecule has 0 aliphatic heterocycles. The Morgan fingerprint density at radius 2 is 1.73 bits per heavy atom. The molecule has 2 aromatic carbocycles. The first-order valence-corrected chi connectivity index (χ1v) is 9.01. The van der Waals surface area contributed by atoms with Crippen LogP contribution in [0.25, 0.3) is 0 Å². The molecule has 0 spiro atoms. The van der Waals surface area contributed by atoms with E-state index in [0.717, 1.165) is 9.13 Å². The number of benzene rings is 2. The second-order valence-corrected chi connectivity index (χ2v) is 6.85. The lowest BCUT2D eigenvalue weighted by Gasteiger charge is -2.09. The number of amides is 2. The maximum atomic E-state index is 12.4. The number of carbonyl (C=O) groups excluding carboxylic acids is 2. The minimum Gasteiger partial charge on any atom is -0.322 e. The van der Waals surface area contributed by atoms with Gasteiger partial charge in [-0.15, -0.1) is 0 Å². The van der Waals surface area contributed by atoms with E-state index in [9.17, 15) is 9.59 Å². The summed E-state index contributed by atoms with van der Waals surface area (Å²) in [6, 6.07) is 17.8. The van der Waals surface area contributed by atoms with Crippen molar-refractivity contribution in [3.05, 3.63) is 87.1 Å². The highest BCUT2D eigenvalue weighted by Crippen LogP contribution is 2.17. The molecule has 26 heavy (non-hydrogen) atoms. The summed E-state index contributed by atoms with van der Waals surface area (Å²) in [5.41, 5.74) is 2.59. The van der Waals surface area contributed by atoms with Crippen molar-refractivity contribution in [3.8, 4) is 0 Å². The maximum Gasteiger partial charge on any atom is 0.256 e. The number of hydrogen-bond donors (Lipinski definition) is 2. The second kappa shape index (κ2) is 8.09. The predicted octanol–water partition coefficient (Wildman–Crippen LogP) is 4.50. The van der Waals surface area contributed by atoms with Crippen molar-refractivity contribution in [2.24, 2.45) is 0 Å². The molecule has 0 unspecified atom stereocenters. The first kappa shape index (κ1) is 18.1. The minimum atomic E-state index is -0.284. The first-order valence-electron chi connectivity index (χ1n) is 7.93. The molecule has 0 saturated carbocycles. The Morgan fingerprint density at radius 3 is 2.50 bits per heavy atom. The van der Waals surface area contributed by atoms with Crippen LogP contribution in [-0.2, 0) is 0 Å². The van der Waals surface area contributed by atoms with Crippen molar-refractivity contribution in [3.63, 3.8) is 0 Å². The van der Waals surface area contributed by atoms with Gasteiger partial charge in [-0.1, -0.05) is 18.2 Å². The van der Waals surface area contributed by atoms with E-state index < -0.39 is 0 Å². The lowest BCUT2D eigenvalue weighted by atomic mass is 10.1. The Labute approximate surface area is 165 Å². The molecule has 2 N–H and O–H groups in total. The quantitative estimate of drug-likeness (QED) is 0.567. The summed E-state index contributed by atoms with van der Waals surface area (Å²) in [5, 5.41) is 5.58. The van der Waals surface area contributed by atoms with Crippen LogP contribution < -0.4 is 10.6 Å². The first-order chi connectivity index (χ1) is 12.5. The van der Waals surface area contributed by atoms with Gasteiger partial charge in [0.05, 0.1) is 5.56 Å². The fourth-order valence-electron chi connectivity index (χ4n) is 2.37. The molecular formula is C20H16IN3O2. The SMILES string of the molecule is Cc1ccnc(NC(=O)c2cccc(NC(=O)c3ccccc3I)c2)c1. The van der Waals surface area contributed by atoms with E-state index in [1.54, 1.807) is 42.6 Å². The second-order valence-electron chi connectivity index (χ2n) is 5.69. The van der Waals surface area contributed by atoms with Gasteiger partial charge in [0.2, 0.25) is 0 Å². The Bertz CT molecular complexity index is 973. The molecule has 0 bridgehead atoms. The number of rotatable bonds is 4. The topological polar surface area (TPSA) is 71.1 Å². The molecule has 0 radical (unpaired) electrons. The summed E-state index contributed by atoms with van der Waals surface area (Å²) in [6.07, 6.45) is 1.64. The van der Waals surface area contributed by atoms with E-state index in [4.69, 9.17) is 0 Å². The molecule has 5 nitrogen and oxygen atoms in total. The molecule has 130 valence electrons. The fourth-order valence-corrected chi connectivity index (χ4v) is 3.01. The number of pyridine rings is 1. The Hall–Kier alpha value is -2.74. The standard InChI is InChI=1S/C20H16IN3O2/c1-13-9-10-22-18(11-13)24-19(25)14-5-4-6-15(12-14)23-20(26)16-7-2-3-8-17(16)21/h2-12H,1H3,(H,23,26)(H,22,24,25). The van der Waals surface area contributed by atoms with Gasteiger partial charge in [-0.3, -0.25) is 9.59 Å². The summed E-state index contributed by atoms with van der Waals surface area (Å²) >= 11 is 2.12. The van der Waals surface area contributed by atoms with Gasteiger partial charge in [0, 0.05) is 21.0 Å². The molecule has 0 atom stereocenters. The van der Waals surface area contributed by atoms with E-state index >= 15 is 0 Å². The van der Waals surface area contributed by atoms with E-state index in [1.165, 1.54) is 0 Å². The molecule has 0 saturated heterocycles. The number of aromatic nitrogens is 1. The van der Waals surface area contributed by atoms with Crippen molar-refractivity contribution in [2.75, 3.05) is 10.6 Å². The average molecular weight is 457 g/mol. The monoisotopic (exact) mass is 457 g/mol. The zero-order chi connectivity index (χ0) is 18.5. The van der Waals surface area contributed by atoms with Crippen LogP contribution in [0.1, 0.15) is 26.3 Å². The van der Waals surface area contributed by atoms with E-state index in [1.807, 2.05) is 31.2 Å². The van der Waals surface area contributed by atoms with E-state index in [0.29, 0.717) is 22.6 Å². The smallest absolute Gasteiger partial charge is 0.256 e. The minimum absolute atomic E-state index is 0.215. The zero-order valence-electron chi connectivity index (χ0n) is 14.0. The number of nitrogens with zero attached hydrogens (tertiary/aromatic N) is 1. The Kier molecular flexibility index (Phi) is 5.62. The highest BCUT2D eigenvalue weighted by molar-refractivity contribution is 14.1. The van der Waals surface area contributed by atoms with Crippen LogP contribution in [0.15, 0.2) is 66.9 Å². The number of hydrogen-bond acceptors (Lipinski definition) is 3. The van der Waals surface area contributed by atoms with Gasteiger partial charge in [0.15, 0.2) is 0 Å². The molecule has 3 rings (SSSR count). The van der Waals surface area contributed by atoms with Crippen LogP contribution >= 0.6 is 22.6 Å². The van der Waals surface area contributed by atoms with Crippen LogP contribution in [-0.4, -0.2) is 16.8 Å². The van der Waals surface area contributed by atoms with Crippen molar-refractivity contribution >= 4 is 45.9 Å². The lowest BCUT2D eigenvalue weighted by Crippen LogP contribution is -2.15. The highest BCUT2D eigenvalue weighted by Gasteiger charge is 2.12. The Morgan fingerprint density at radius 1 is 0.923 bits per heavy atom. The third-order valence-electron chi connectivity index (χ3n) is 3.66. The number of carbonyl (C=O) groups is 2.